The van der Waals surface area contributed by atoms with Crippen LogP contribution in [-0.4, -0.2) is 100 Å². The van der Waals surface area contributed by atoms with E-state index in [-0.39, 0.29) is 37.4 Å². The van der Waals surface area contributed by atoms with Gasteiger partial charge in [0.25, 0.3) is 0 Å². The van der Waals surface area contributed by atoms with Gasteiger partial charge < -0.3 is 42.4 Å². The first kappa shape index (κ1) is 37.8. The molecule has 11 heteroatoms. The Hall–Kier alpha value is -0.186. The summed E-state index contributed by atoms with van der Waals surface area (Å²) in [5.74, 6) is -0.310. The van der Waals surface area contributed by atoms with Crippen LogP contribution in [0.4, 0.5) is 0 Å². The molecule has 0 radical (unpaired) electrons. The van der Waals surface area contributed by atoms with Crippen LogP contribution in [0, 0.1) is 5.92 Å². The van der Waals surface area contributed by atoms with E-state index >= 15 is 0 Å². The maximum atomic E-state index is 11.6. The zero-order valence-electron chi connectivity index (χ0n) is 27.2. The molecule has 0 bridgehead atoms. The van der Waals surface area contributed by atoms with Crippen LogP contribution >= 0.6 is 0 Å². The van der Waals surface area contributed by atoms with Gasteiger partial charge in [-0.1, -0.05) is 47.6 Å². The van der Waals surface area contributed by atoms with Crippen molar-refractivity contribution in [2.75, 3.05) is 48.3 Å². The van der Waals surface area contributed by atoms with Gasteiger partial charge in [-0.15, -0.1) is 6.58 Å². The van der Waals surface area contributed by atoms with Crippen molar-refractivity contribution in [3.63, 3.8) is 0 Å². The van der Waals surface area contributed by atoms with Crippen molar-refractivity contribution >= 4 is 16.6 Å². The molecule has 1 rings (SSSR count). The Morgan fingerprint density at radius 3 is 1.95 bits per heavy atom. The average Bonchev–Trinajstić information content (AvgIpc) is 2.92. The second-order valence-corrected chi connectivity index (χ2v) is 22.1. The maximum absolute atomic E-state index is 11.6. The molecule has 238 valence electrons. The van der Waals surface area contributed by atoms with Gasteiger partial charge in [-0.05, 0) is 42.7 Å². The molecular weight excluding hydrogens is 548 g/mol. The summed E-state index contributed by atoms with van der Waals surface area (Å²) in [6.07, 6.45) is 0.495. The van der Waals surface area contributed by atoms with Crippen molar-refractivity contribution < 1.29 is 42.4 Å². The Kier molecular flexibility index (Phi) is 16.3. The Labute approximate surface area is 246 Å². The van der Waals surface area contributed by atoms with E-state index in [1.165, 1.54) is 0 Å². The molecule has 6 atom stereocenters. The predicted octanol–water partition coefficient (Wildman–Crippen LogP) is 5.69. The van der Waals surface area contributed by atoms with Crippen LogP contribution in [0.1, 0.15) is 54.4 Å². The van der Waals surface area contributed by atoms with Crippen molar-refractivity contribution in [2.45, 2.75) is 121 Å². The van der Waals surface area contributed by atoms with E-state index in [1.54, 1.807) is 27.4 Å². The zero-order valence-corrected chi connectivity index (χ0v) is 29.2. The van der Waals surface area contributed by atoms with Gasteiger partial charge >= 0.3 is 0 Å². The lowest BCUT2D eigenvalue weighted by atomic mass is 9.71. The number of hydrogen-bond donors (Lipinski definition) is 1. The number of aliphatic hydroxyl groups is 1. The number of hydrogen-bond acceptors (Lipinski definition) is 9. The lowest BCUT2D eigenvalue weighted by Crippen LogP contribution is -2.60. The first-order valence-electron chi connectivity index (χ1n) is 14.7. The molecule has 40 heavy (non-hydrogen) atoms. The van der Waals surface area contributed by atoms with Crippen molar-refractivity contribution in [1.29, 1.82) is 0 Å². The Bertz CT molecular complexity index is 706. The number of methoxy groups -OCH3 is 3. The molecule has 1 unspecified atom stereocenters. The second kappa shape index (κ2) is 17.2. The number of rotatable bonds is 20. The molecule has 9 nitrogen and oxygen atoms in total. The first-order valence-corrected chi connectivity index (χ1v) is 20.2. The SMILES string of the molecule is C=C[C@@]1(O)CC([C@H](OCOC)[C@@H](CO[Si](C)(C)C(C)(C)C)OCOC)[C@@H](O[Si](CC)(CC)CC)[C@H](OCOC)C1. The largest absolute Gasteiger partial charge is 0.414 e. The summed E-state index contributed by atoms with van der Waals surface area (Å²) in [6, 6.07) is 2.94. The molecule has 0 amide bonds. The molecule has 0 aromatic rings. The van der Waals surface area contributed by atoms with Crippen molar-refractivity contribution in [1.82, 2.24) is 0 Å². The fraction of sp³-hybridized carbons (Fsp3) is 0.931. The summed E-state index contributed by atoms with van der Waals surface area (Å²) in [6.45, 7) is 22.2. The minimum Gasteiger partial charge on any atom is -0.414 e. The van der Waals surface area contributed by atoms with Crippen LogP contribution in [0.5, 0.6) is 0 Å². The summed E-state index contributed by atoms with van der Waals surface area (Å²) in [5.41, 5.74) is -1.18. The number of ether oxygens (including phenoxy) is 6. The van der Waals surface area contributed by atoms with Crippen molar-refractivity contribution in [3.05, 3.63) is 12.7 Å². The molecule has 0 aromatic heterocycles. The molecule has 0 spiro atoms. The van der Waals surface area contributed by atoms with Gasteiger partial charge in [-0.25, -0.2) is 0 Å². The lowest BCUT2D eigenvalue weighted by Gasteiger charge is -2.50. The maximum Gasteiger partial charge on any atom is 0.192 e. The highest BCUT2D eigenvalue weighted by Gasteiger charge is 2.52. The van der Waals surface area contributed by atoms with Crippen LogP contribution in [0.15, 0.2) is 12.7 Å². The van der Waals surface area contributed by atoms with E-state index in [0.29, 0.717) is 19.4 Å². The van der Waals surface area contributed by atoms with Crippen molar-refractivity contribution in [2.24, 2.45) is 5.92 Å². The molecule has 1 N–H and O–H groups in total. The topological polar surface area (TPSA) is 94.1 Å². The highest BCUT2D eigenvalue weighted by molar-refractivity contribution is 6.74. The summed E-state index contributed by atoms with van der Waals surface area (Å²) < 4.78 is 48.7. The monoisotopic (exact) mass is 608 g/mol. The van der Waals surface area contributed by atoms with E-state index in [0.717, 1.165) is 18.1 Å². The lowest BCUT2D eigenvalue weighted by molar-refractivity contribution is -0.225. The Morgan fingerprint density at radius 1 is 0.925 bits per heavy atom. The van der Waals surface area contributed by atoms with Gasteiger partial charge in [0, 0.05) is 33.7 Å². The van der Waals surface area contributed by atoms with E-state index < -0.39 is 40.5 Å². The first-order chi connectivity index (χ1) is 18.7. The molecule has 0 aromatic carbocycles. The zero-order chi connectivity index (χ0) is 30.6. The Morgan fingerprint density at radius 2 is 1.48 bits per heavy atom. The smallest absolute Gasteiger partial charge is 0.192 e. The summed E-state index contributed by atoms with van der Waals surface area (Å²) in [7, 11) is 0.572. The molecule has 1 aliphatic rings. The molecule has 0 heterocycles. The van der Waals surface area contributed by atoms with Crippen molar-refractivity contribution in [3.8, 4) is 0 Å². The van der Waals surface area contributed by atoms with Crippen LogP contribution in [-0.2, 0) is 37.3 Å². The second-order valence-electron chi connectivity index (χ2n) is 12.5. The fourth-order valence-electron chi connectivity index (χ4n) is 5.13. The van der Waals surface area contributed by atoms with Crippen LogP contribution in [0.3, 0.4) is 0 Å². The standard InChI is InChI=1S/C29H60O9Si2/c1-13-29(30)17-23(27(24(18-29)34-20-31-8)38-40(14-2,15-3)16-4)26(36-22-33-10)25(35-21-32-9)19-37-39(11,12)28(5,6)7/h13,23-27,30H,1,14-22H2,2-12H3/t23?,24-,25-,26+,27-,29-/m1/s1. The van der Waals surface area contributed by atoms with Crippen LogP contribution < -0.4 is 0 Å². The third-order valence-electron chi connectivity index (χ3n) is 9.01. The van der Waals surface area contributed by atoms with E-state index in [1.807, 2.05) is 0 Å². The quantitative estimate of drug-likeness (QED) is 0.106. The van der Waals surface area contributed by atoms with Crippen LogP contribution in [0.25, 0.3) is 0 Å². The highest BCUT2D eigenvalue weighted by atomic mass is 28.4. The molecular formula is C29H60O9Si2. The summed E-state index contributed by atoms with van der Waals surface area (Å²) in [5, 5.41) is 11.7. The van der Waals surface area contributed by atoms with Gasteiger partial charge in [0.15, 0.2) is 16.6 Å². The molecule has 0 aliphatic heterocycles. The van der Waals surface area contributed by atoms with Gasteiger partial charge in [-0.2, -0.15) is 0 Å². The van der Waals surface area contributed by atoms with E-state index in [4.69, 9.17) is 37.3 Å². The highest BCUT2D eigenvalue weighted by Crippen LogP contribution is 2.43. The predicted molar refractivity (Wildman–Crippen MR) is 163 cm³/mol. The minimum absolute atomic E-state index is 0.0228. The van der Waals surface area contributed by atoms with E-state index in [2.05, 4.69) is 61.2 Å². The molecule has 1 saturated carbocycles. The molecule has 1 fully saturated rings. The third-order valence-corrected chi connectivity index (χ3v) is 18.2. The summed E-state index contributed by atoms with van der Waals surface area (Å²) >= 11 is 0. The van der Waals surface area contributed by atoms with Gasteiger partial charge in [0.1, 0.15) is 26.5 Å². The van der Waals surface area contributed by atoms with Crippen LogP contribution in [0.2, 0.25) is 36.3 Å². The minimum atomic E-state index is -2.11. The normalized spacial score (nSPS) is 26.1. The van der Waals surface area contributed by atoms with Gasteiger partial charge in [0.05, 0.1) is 30.5 Å². The molecule has 1 aliphatic carbocycles. The summed E-state index contributed by atoms with van der Waals surface area (Å²) in [4.78, 5) is 0. The molecule has 0 saturated heterocycles. The van der Waals surface area contributed by atoms with E-state index in [9.17, 15) is 5.11 Å². The fourth-order valence-corrected chi connectivity index (χ4v) is 9.05. The third kappa shape index (κ3) is 10.5. The van der Waals surface area contributed by atoms with Gasteiger partial charge in [0.2, 0.25) is 0 Å². The van der Waals surface area contributed by atoms with Gasteiger partial charge in [-0.3, -0.25) is 0 Å². The average molecular weight is 609 g/mol. The Balaban J connectivity index is 3.65.